The molecular weight excluding hydrogens is 174 g/mol. The molecule has 0 fully saturated rings. The van der Waals surface area contributed by atoms with E-state index in [1.807, 2.05) is 0 Å². The van der Waals surface area contributed by atoms with Crippen molar-refractivity contribution in [2.24, 2.45) is 10.7 Å². The highest BCUT2D eigenvalue weighted by atomic mass is 15.3. The Morgan fingerprint density at radius 2 is 2.14 bits per heavy atom. The van der Waals surface area contributed by atoms with Crippen LogP contribution in [-0.4, -0.2) is 19.0 Å². The lowest BCUT2D eigenvalue weighted by Gasteiger charge is -2.20. The van der Waals surface area contributed by atoms with Crippen molar-refractivity contribution in [3.63, 3.8) is 0 Å². The van der Waals surface area contributed by atoms with Crippen LogP contribution in [0, 0.1) is 13.8 Å². The zero-order chi connectivity index (χ0) is 10.1. The summed E-state index contributed by atoms with van der Waals surface area (Å²) in [5.41, 5.74) is 9.50. The van der Waals surface area contributed by atoms with Gasteiger partial charge in [-0.25, -0.2) is 0 Å². The molecule has 1 aromatic rings. The van der Waals surface area contributed by atoms with Crippen molar-refractivity contribution < 1.29 is 0 Å². The molecule has 1 heterocycles. The first-order valence-corrected chi connectivity index (χ1v) is 4.83. The van der Waals surface area contributed by atoms with Crippen molar-refractivity contribution in [1.29, 1.82) is 0 Å². The second kappa shape index (κ2) is 3.33. The standard InChI is InChI=1S/C11H15N3/c1-8-3-4-10(9(2)7-8)14-6-5-13-11(14)12/h3-4,7H,5-6H2,1-2H3,(H2,12,13). The first-order chi connectivity index (χ1) is 6.68. The molecule has 14 heavy (non-hydrogen) atoms. The molecule has 0 aliphatic carbocycles. The van der Waals surface area contributed by atoms with E-state index in [4.69, 9.17) is 5.73 Å². The van der Waals surface area contributed by atoms with E-state index in [1.165, 1.54) is 16.8 Å². The molecule has 0 aromatic heterocycles. The summed E-state index contributed by atoms with van der Waals surface area (Å²) < 4.78 is 0. The van der Waals surface area contributed by atoms with Gasteiger partial charge in [0.05, 0.1) is 6.54 Å². The third-order valence-electron chi connectivity index (χ3n) is 2.52. The molecule has 3 nitrogen and oxygen atoms in total. The average Bonchev–Trinajstić information content (AvgIpc) is 2.52. The molecule has 0 saturated heterocycles. The van der Waals surface area contributed by atoms with Crippen LogP contribution in [0.15, 0.2) is 23.2 Å². The summed E-state index contributed by atoms with van der Waals surface area (Å²) >= 11 is 0. The minimum Gasteiger partial charge on any atom is -0.370 e. The first kappa shape index (κ1) is 9.06. The van der Waals surface area contributed by atoms with Crippen molar-refractivity contribution in [3.8, 4) is 0 Å². The highest BCUT2D eigenvalue weighted by Gasteiger charge is 2.16. The van der Waals surface area contributed by atoms with Gasteiger partial charge in [-0.2, -0.15) is 0 Å². The molecule has 0 radical (unpaired) electrons. The topological polar surface area (TPSA) is 41.6 Å². The van der Waals surface area contributed by atoms with E-state index in [-0.39, 0.29) is 0 Å². The number of hydrogen-bond acceptors (Lipinski definition) is 3. The largest absolute Gasteiger partial charge is 0.370 e. The molecule has 0 amide bonds. The van der Waals surface area contributed by atoms with E-state index in [9.17, 15) is 0 Å². The minimum atomic E-state index is 0.636. The van der Waals surface area contributed by atoms with Crippen LogP contribution in [0.4, 0.5) is 5.69 Å². The summed E-state index contributed by atoms with van der Waals surface area (Å²) in [5, 5.41) is 0. The highest BCUT2D eigenvalue weighted by molar-refractivity contribution is 5.97. The second-order valence-electron chi connectivity index (χ2n) is 3.68. The molecule has 0 saturated carbocycles. The summed E-state index contributed by atoms with van der Waals surface area (Å²) in [7, 11) is 0. The Kier molecular flexibility index (Phi) is 2.15. The van der Waals surface area contributed by atoms with Crippen molar-refractivity contribution in [1.82, 2.24) is 0 Å². The quantitative estimate of drug-likeness (QED) is 0.726. The fourth-order valence-corrected chi connectivity index (χ4v) is 1.82. The Morgan fingerprint density at radius 3 is 2.71 bits per heavy atom. The first-order valence-electron chi connectivity index (χ1n) is 4.83. The van der Waals surface area contributed by atoms with Crippen molar-refractivity contribution in [2.45, 2.75) is 13.8 Å². The van der Waals surface area contributed by atoms with Crippen LogP contribution in [0.2, 0.25) is 0 Å². The number of aryl methyl sites for hydroxylation is 2. The molecule has 0 atom stereocenters. The maximum atomic E-state index is 5.79. The number of guanidine groups is 1. The Hall–Kier alpha value is -1.51. The number of nitrogens with two attached hydrogens (primary N) is 1. The lowest BCUT2D eigenvalue weighted by molar-refractivity contribution is 1.01. The predicted octanol–water partition coefficient (Wildman–Crippen LogP) is 1.44. The molecule has 0 bridgehead atoms. The second-order valence-corrected chi connectivity index (χ2v) is 3.68. The molecule has 1 aliphatic heterocycles. The third kappa shape index (κ3) is 1.45. The SMILES string of the molecule is Cc1ccc(N2CCN=C2N)c(C)c1. The van der Waals surface area contributed by atoms with E-state index < -0.39 is 0 Å². The Balaban J connectivity index is 2.37. The molecular formula is C11H15N3. The van der Waals surface area contributed by atoms with Gasteiger partial charge in [0.25, 0.3) is 0 Å². The zero-order valence-electron chi connectivity index (χ0n) is 8.62. The van der Waals surface area contributed by atoms with Crippen LogP contribution in [0.3, 0.4) is 0 Å². The van der Waals surface area contributed by atoms with Gasteiger partial charge in [-0.3, -0.25) is 4.99 Å². The van der Waals surface area contributed by atoms with Gasteiger partial charge in [-0.15, -0.1) is 0 Å². The number of benzene rings is 1. The van der Waals surface area contributed by atoms with E-state index in [1.54, 1.807) is 0 Å². The molecule has 1 aromatic carbocycles. The molecule has 0 spiro atoms. The molecule has 2 N–H and O–H groups in total. The minimum absolute atomic E-state index is 0.636. The van der Waals surface area contributed by atoms with Crippen LogP contribution in [-0.2, 0) is 0 Å². The van der Waals surface area contributed by atoms with Crippen LogP contribution in [0.5, 0.6) is 0 Å². The maximum Gasteiger partial charge on any atom is 0.195 e. The lowest BCUT2D eigenvalue weighted by atomic mass is 10.1. The molecule has 1 aliphatic rings. The third-order valence-corrected chi connectivity index (χ3v) is 2.52. The van der Waals surface area contributed by atoms with Crippen molar-refractivity contribution in [3.05, 3.63) is 29.3 Å². The number of aliphatic imine (C=N–C) groups is 1. The number of rotatable bonds is 1. The van der Waals surface area contributed by atoms with E-state index in [0.29, 0.717) is 5.96 Å². The van der Waals surface area contributed by atoms with E-state index >= 15 is 0 Å². The summed E-state index contributed by atoms with van der Waals surface area (Å²) in [6.07, 6.45) is 0. The van der Waals surface area contributed by atoms with Gasteiger partial charge in [0.2, 0.25) is 0 Å². The number of anilines is 1. The number of nitrogens with zero attached hydrogens (tertiary/aromatic N) is 2. The summed E-state index contributed by atoms with van der Waals surface area (Å²) in [6.45, 7) is 5.90. The summed E-state index contributed by atoms with van der Waals surface area (Å²) in [4.78, 5) is 6.24. The average molecular weight is 189 g/mol. The number of hydrogen-bond donors (Lipinski definition) is 1. The van der Waals surface area contributed by atoms with Gasteiger partial charge < -0.3 is 10.6 Å². The maximum absolute atomic E-state index is 5.79. The monoisotopic (exact) mass is 189 g/mol. The van der Waals surface area contributed by atoms with Gasteiger partial charge in [-0.1, -0.05) is 17.7 Å². The van der Waals surface area contributed by atoms with Gasteiger partial charge in [0.1, 0.15) is 0 Å². The van der Waals surface area contributed by atoms with Gasteiger partial charge in [-0.05, 0) is 25.5 Å². The fraction of sp³-hybridized carbons (Fsp3) is 0.364. The van der Waals surface area contributed by atoms with Crippen LogP contribution in [0.25, 0.3) is 0 Å². The van der Waals surface area contributed by atoms with Crippen LogP contribution < -0.4 is 10.6 Å². The Morgan fingerprint density at radius 1 is 1.36 bits per heavy atom. The van der Waals surface area contributed by atoms with E-state index in [0.717, 1.165) is 13.1 Å². The van der Waals surface area contributed by atoms with Gasteiger partial charge in [0, 0.05) is 12.2 Å². The van der Waals surface area contributed by atoms with Crippen LogP contribution >= 0.6 is 0 Å². The van der Waals surface area contributed by atoms with E-state index in [2.05, 4.69) is 41.9 Å². The molecule has 3 heteroatoms. The molecule has 74 valence electrons. The Bertz CT molecular complexity index is 382. The fourth-order valence-electron chi connectivity index (χ4n) is 1.82. The lowest BCUT2D eigenvalue weighted by Crippen LogP contribution is -2.34. The van der Waals surface area contributed by atoms with Crippen LogP contribution in [0.1, 0.15) is 11.1 Å². The predicted molar refractivity (Wildman–Crippen MR) is 59.8 cm³/mol. The van der Waals surface area contributed by atoms with Crippen molar-refractivity contribution in [2.75, 3.05) is 18.0 Å². The smallest absolute Gasteiger partial charge is 0.195 e. The van der Waals surface area contributed by atoms with Gasteiger partial charge in [0.15, 0.2) is 5.96 Å². The Labute approximate surface area is 84.2 Å². The highest BCUT2D eigenvalue weighted by Crippen LogP contribution is 2.22. The summed E-state index contributed by atoms with van der Waals surface area (Å²) in [5.74, 6) is 0.636. The zero-order valence-corrected chi connectivity index (χ0v) is 8.62. The molecule has 0 unspecified atom stereocenters. The van der Waals surface area contributed by atoms with Gasteiger partial charge >= 0.3 is 0 Å². The summed E-state index contributed by atoms with van der Waals surface area (Å²) in [6, 6.07) is 6.38. The van der Waals surface area contributed by atoms with Crippen molar-refractivity contribution >= 4 is 11.6 Å². The normalized spacial score (nSPS) is 15.9. The molecule has 2 rings (SSSR count).